The summed E-state index contributed by atoms with van der Waals surface area (Å²) in [5.41, 5.74) is 4.74. The van der Waals surface area contributed by atoms with Crippen LogP contribution in [0, 0.1) is 6.92 Å². The number of hydrogen-bond donors (Lipinski definition) is 0. The van der Waals surface area contributed by atoms with E-state index in [0.717, 1.165) is 28.2 Å². The first kappa shape index (κ1) is 21.0. The van der Waals surface area contributed by atoms with Crippen LogP contribution in [-0.2, 0) is 16.3 Å². The summed E-state index contributed by atoms with van der Waals surface area (Å²) < 4.78 is 55.5. The number of alkyl halides is 2. The molecule has 0 unspecified atom stereocenters. The highest BCUT2D eigenvalue weighted by Crippen LogP contribution is 2.27. The average molecular weight is 442 g/mol. The van der Waals surface area contributed by atoms with Crippen molar-refractivity contribution in [1.82, 2.24) is 9.38 Å². The van der Waals surface area contributed by atoms with E-state index in [1.54, 1.807) is 42.5 Å². The van der Waals surface area contributed by atoms with Gasteiger partial charge < -0.3 is 9.14 Å². The summed E-state index contributed by atoms with van der Waals surface area (Å²) in [7, 11) is -3.27. The van der Waals surface area contributed by atoms with Crippen molar-refractivity contribution in [1.29, 1.82) is 0 Å². The van der Waals surface area contributed by atoms with Crippen LogP contribution in [0.15, 0.2) is 71.8 Å². The number of aryl methyl sites for hydroxylation is 1. The van der Waals surface area contributed by atoms with E-state index in [2.05, 4.69) is 9.72 Å². The zero-order chi connectivity index (χ0) is 22.2. The summed E-state index contributed by atoms with van der Waals surface area (Å²) in [5.74, 6) is 0.138. The lowest BCUT2D eigenvalue weighted by Crippen LogP contribution is -2.05. The topological polar surface area (TPSA) is 60.7 Å². The number of sulfone groups is 1. The van der Waals surface area contributed by atoms with Crippen molar-refractivity contribution >= 4 is 15.5 Å². The van der Waals surface area contributed by atoms with Crippen LogP contribution in [0.25, 0.3) is 16.8 Å². The van der Waals surface area contributed by atoms with Crippen molar-refractivity contribution in [3.8, 4) is 16.9 Å². The summed E-state index contributed by atoms with van der Waals surface area (Å²) >= 11 is 0. The van der Waals surface area contributed by atoms with Crippen LogP contribution < -0.4 is 4.74 Å². The number of fused-ring (bicyclic) bond motifs is 1. The smallest absolute Gasteiger partial charge is 0.387 e. The molecule has 0 bridgehead atoms. The molecule has 0 radical (unpaired) electrons. The quantitative estimate of drug-likeness (QED) is 0.426. The molecule has 0 N–H and O–H groups in total. The molecule has 4 rings (SSSR count). The van der Waals surface area contributed by atoms with Crippen molar-refractivity contribution in [2.24, 2.45) is 0 Å². The van der Waals surface area contributed by atoms with Crippen molar-refractivity contribution in [2.75, 3.05) is 6.26 Å². The number of hydrogen-bond acceptors (Lipinski definition) is 4. The number of aromatic nitrogens is 2. The van der Waals surface area contributed by atoms with Gasteiger partial charge in [0.25, 0.3) is 0 Å². The van der Waals surface area contributed by atoms with Crippen molar-refractivity contribution < 1.29 is 21.9 Å². The molecule has 0 atom stereocenters. The second-order valence-corrected chi connectivity index (χ2v) is 9.27. The Morgan fingerprint density at radius 3 is 2.35 bits per heavy atom. The van der Waals surface area contributed by atoms with E-state index >= 15 is 0 Å². The summed E-state index contributed by atoms with van der Waals surface area (Å²) in [6.07, 6.45) is 3.45. The Kier molecular flexibility index (Phi) is 5.49. The van der Waals surface area contributed by atoms with E-state index in [4.69, 9.17) is 0 Å². The first-order valence-corrected chi connectivity index (χ1v) is 11.4. The van der Waals surface area contributed by atoms with Crippen LogP contribution in [0.3, 0.4) is 0 Å². The molecule has 4 aromatic rings. The zero-order valence-corrected chi connectivity index (χ0v) is 17.7. The van der Waals surface area contributed by atoms with Gasteiger partial charge in [-0.3, -0.25) is 0 Å². The number of benzene rings is 2. The molecule has 5 nitrogen and oxygen atoms in total. The Hall–Kier alpha value is -3.26. The third kappa shape index (κ3) is 4.44. The van der Waals surface area contributed by atoms with E-state index in [1.165, 1.54) is 12.3 Å². The Bertz CT molecular complexity index is 1350. The highest BCUT2D eigenvalue weighted by atomic mass is 32.2. The number of imidazole rings is 1. The van der Waals surface area contributed by atoms with Gasteiger partial charge in [-0.15, -0.1) is 0 Å². The normalized spacial score (nSPS) is 11.9. The van der Waals surface area contributed by atoms with Crippen LogP contribution in [0.5, 0.6) is 5.75 Å². The summed E-state index contributed by atoms with van der Waals surface area (Å²) in [6.45, 7) is -1.02. The molecule has 0 spiro atoms. The highest BCUT2D eigenvalue weighted by Gasteiger charge is 2.15. The highest BCUT2D eigenvalue weighted by molar-refractivity contribution is 7.90. The Labute approximate surface area is 178 Å². The molecular formula is C23H20F2N2O3S. The van der Waals surface area contributed by atoms with Crippen molar-refractivity contribution in [3.05, 3.63) is 83.8 Å². The predicted octanol–water partition coefficient (Wildman–Crippen LogP) is 4.91. The molecule has 0 aliphatic carbocycles. The van der Waals surface area contributed by atoms with Gasteiger partial charge in [0.1, 0.15) is 11.4 Å². The molecule has 2 heterocycles. The third-order valence-electron chi connectivity index (χ3n) is 5.08. The SMILES string of the molecule is Cc1nc2ccc(-c3ccc(S(C)(=O)=O)cc3)cn2c1Cc1ccccc1OC(F)F. The van der Waals surface area contributed by atoms with Gasteiger partial charge in [0.15, 0.2) is 9.84 Å². The molecule has 0 aliphatic rings. The molecule has 0 saturated carbocycles. The second-order valence-electron chi connectivity index (χ2n) is 7.25. The molecule has 2 aromatic carbocycles. The summed E-state index contributed by atoms with van der Waals surface area (Å²) in [4.78, 5) is 4.83. The van der Waals surface area contributed by atoms with Crippen LogP contribution in [0.1, 0.15) is 17.0 Å². The van der Waals surface area contributed by atoms with Crippen LogP contribution in [-0.4, -0.2) is 30.7 Å². The summed E-state index contributed by atoms with van der Waals surface area (Å²) in [5, 5.41) is 0. The monoisotopic (exact) mass is 442 g/mol. The molecule has 0 fully saturated rings. The van der Waals surface area contributed by atoms with Gasteiger partial charge in [-0.05, 0) is 48.4 Å². The number of rotatable bonds is 6. The lowest BCUT2D eigenvalue weighted by atomic mass is 10.1. The van der Waals surface area contributed by atoms with Crippen LogP contribution in [0.4, 0.5) is 8.78 Å². The van der Waals surface area contributed by atoms with Gasteiger partial charge in [-0.2, -0.15) is 8.78 Å². The van der Waals surface area contributed by atoms with Crippen LogP contribution in [0.2, 0.25) is 0 Å². The minimum absolute atomic E-state index is 0.138. The number of para-hydroxylation sites is 1. The van der Waals surface area contributed by atoms with Gasteiger partial charge in [-0.25, -0.2) is 13.4 Å². The van der Waals surface area contributed by atoms with Crippen molar-refractivity contribution in [3.63, 3.8) is 0 Å². The maximum atomic E-state index is 12.8. The van der Waals surface area contributed by atoms with Gasteiger partial charge in [0.05, 0.1) is 10.6 Å². The van der Waals surface area contributed by atoms with E-state index in [-0.39, 0.29) is 10.6 Å². The minimum atomic E-state index is -3.27. The third-order valence-corrected chi connectivity index (χ3v) is 6.21. The lowest BCUT2D eigenvalue weighted by molar-refractivity contribution is -0.0503. The van der Waals surface area contributed by atoms with E-state index in [9.17, 15) is 17.2 Å². The van der Waals surface area contributed by atoms with Gasteiger partial charge >= 0.3 is 6.61 Å². The van der Waals surface area contributed by atoms with E-state index in [0.29, 0.717) is 12.0 Å². The fraction of sp³-hybridized carbons (Fsp3) is 0.174. The molecular weight excluding hydrogens is 422 g/mol. The number of ether oxygens (including phenoxy) is 1. The largest absolute Gasteiger partial charge is 0.435 e. The van der Waals surface area contributed by atoms with E-state index < -0.39 is 16.4 Å². The Morgan fingerprint density at radius 1 is 1.00 bits per heavy atom. The molecule has 160 valence electrons. The Balaban J connectivity index is 1.74. The first-order chi connectivity index (χ1) is 14.7. The number of pyridine rings is 1. The Morgan fingerprint density at radius 2 is 1.68 bits per heavy atom. The van der Waals surface area contributed by atoms with Gasteiger partial charge in [0, 0.05) is 30.1 Å². The molecule has 2 aromatic heterocycles. The van der Waals surface area contributed by atoms with Crippen LogP contribution >= 0.6 is 0 Å². The fourth-order valence-corrected chi connectivity index (χ4v) is 4.16. The van der Waals surface area contributed by atoms with Gasteiger partial charge in [0.2, 0.25) is 0 Å². The van der Waals surface area contributed by atoms with E-state index in [1.807, 2.05) is 29.7 Å². The lowest BCUT2D eigenvalue weighted by Gasteiger charge is -2.11. The second kappa shape index (κ2) is 8.11. The zero-order valence-electron chi connectivity index (χ0n) is 16.9. The number of nitrogens with zero attached hydrogens (tertiary/aromatic N) is 2. The van der Waals surface area contributed by atoms with Crippen molar-refractivity contribution in [2.45, 2.75) is 24.9 Å². The molecule has 0 aliphatic heterocycles. The molecule has 31 heavy (non-hydrogen) atoms. The maximum Gasteiger partial charge on any atom is 0.387 e. The first-order valence-electron chi connectivity index (χ1n) is 9.53. The standard InChI is InChI=1S/C23H20F2N2O3S/c1-15-20(13-17-5-3-4-6-21(17)30-23(24)25)27-14-18(9-12-22(27)26-15)16-7-10-19(11-8-16)31(2,28)29/h3-12,14,23H,13H2,1-2H3. The molecule has 0 saturated heterocycles. The molecule has 8 heteroatoms. The number of halogens is 2. The summed E-state index contributed by atoms with van der Waals surface area (Å²) in [6, 6.07) is 17.2. The average Bonchev–Trinajstić information content (AvgIpc) is 3.03. The predicted molar refractivity (Wildman–Crippen MR) is 114 cm³/mol. The molecule has 0 amide bonds. The minimum Gasteiger partial charge on any atom is -0.435 e. The van der Waals surface area contributed by atoms with Gasteiger partial charge in [-0.1, -0.05) is 30.3 Å². The maximum absolute atomic E-state index is 12.8. The fourth-order valence-electron chi connectivity index (χ4n) is 3.53.